The zero-order valence-electron chi connectivity index (χ0n) is 49.0. The van der Waals surface area contributed by atoms with Crippen LogP contribution in [0.1, 0.15) is 29.2 Å². The second kappa shape index (κ2) is 18.9. The lowest BCUT2D eigenvalue weighted by Crippen LogP contribution is -2.28. The van der Waals surface area contributed by atoms with Crippen molar-refractivity contribution >= 4 is 116 Å². The Labute approximate surface area is 518 Å². The lowest BCUT2D eigenvalue weighted by atomic mass is 9.90. The Morgan fingerprint density at radius 2 is 0.867 bits per heavy atom. The molecule has 0 fully saturated rings. The molecule has 90 heavy (non-hydrogen) atoms. The molecule has 6 aromatic heterocycles. The number of anilines is 2. The van der Waals surface area contributed by atoms with Gasteiger partial charge in [-0.05, 0) is 122 Å². The summed E-state index contributed by atoms with van der Waals surface area (Å²) in [5, 5.41) is 11.1. The number of rotatable bonds is 7. The van der Waals surface area contributed by atoms with Gasteiger partial charge in [0, 0.05) is 111 Å². The molecule has 0 radical (unpaired) electrons. The second-order valence-corrected chi connectivity index (χ2v) is 24.4. The van der Waals surface area contributed by atoms with Crippen molar-refractivity contribution in [1.82, 2.24) is 27.8 Å². The summed E-state index contributed by atoms with van der Waals surface area (Å²) in [6.45, 7) is 0. The first-order chi connectivity index (χ1) is 44.7. The van der Waals surface area contributed by atoms with Gasteiger partial charge in [0.1, 0.15) is 5.82 Å². The van der Waals surface area contributed by atoms with Crippen molar-refractivity contribution in [2.45, 2.75) is 24.8 Å². The molecule has 20 rings (SSSR count). The van der Waals surface area contributed by atoms with Gasteiger partial charge in [0.05, 0.1) is 61.4 Å². The molecule has 2 atom stereocenters. The zero-order chi connectivity index (χ0) is 58.7. The Kier molecular flexibility index (Phi) is 10.4. The molecule has 422 valence electrons. The fraction of sp³-hybridized carbons (Fsp3) is 0.0482. The van der Waals surface area contributed by atoms with Crippen molar-refractivity contribution < 1.29 is 0 Å². The van der Waals surface area contributed by atoms with Crippen molar-refractivity contribution in [3.05, 3.63) is 308 Å². The van der Waals surface area contributed by atoms with E-state index in [0.29, 0.717) is 0 Å². The zero-order valence-corrected chi connectivity index (χ0v) is 49.0. The van der Waals surface area contributed by atoms with Gasteiger partial charge in [-0.1, -0.05) is 188 Å². The van der Waals surface area contributed by atoms with Gasteiger partial charge in [0.25, 0.3) is 0 Å². The lowest BCUT2D eigenvalue weighted by molar-refractivity contribution is 0.745. The minimum Gasteiger partial charge on any atom is -0.333 e. The molecule has 0 spiro atoms. The molecule has 0 N–H and O–H groups in total. The highest BCUT2D eigenvalue weighted by Gasteiger charge is 2.41. The summed E-state index contributed by atoms with van der Waals surface area (Å²) in [6, 6.07) is 96.3. The van der Waals surface area contributed by atoms with Crippen LogP contribution in [0, 0.1) is 0 Å². The van der Waals surface area contributed by atoms with E-state index in [0.717, 1.165) is 69.4 Å². The van der Waals surface area contributed by atoms with Gasteiger partial charge in [-0.15, -0.1) is 0 Å². The average molecular weight is 1150 g/mol. The topological polar surface area (TPSA) is 40.8 Å². The van der Waals surface area contributed by atoms with Crippen LogP contribution in [0.25, 0.3) is 144 Å². The third-order valence-corrected chi connectivity index (χ3v) is 19.8. The first-order valence-corrected chi connectivity index (χ1v) is 31.4. The Balaban J connectivity index is 0.859. The van der Waals surface area contributed by atoms with Gasteiger partial charge in [0.2, 0.25) is 0 Å². The van der Waals surface area contributed by atoms with Gasteiger partial charge in [-0.2, -0.15) is 0 Å². The number of aromatic nitrogens is 6. The molecule has 0 amide bonds. The van der Waals surface area contributed by atoms with Crippen molar-refractivity contribution in [2.75, 3.05) is 4.90 Å². The van der Waals surface area contributed by atoms with E-state index in [1.54, 1.807) is 0 Å². The van der Waals surface area contributed by atoms with Crippen LogP contribution < -0.4 is 4.90 Å². The molecule has 0 bridgehead atoms. The van der Waals surface area contributed by atoms with E-state index in [2.05, 4.69) is 325 Å². The van der Waals surface area contributed by atoms with Crippen molar-refractivity contribution in [3.8, 4) is 39.8 Å². The fourth-order valence-corrected chi connectivity index (χ4v) is 16.3. The minimum absolute atomic E-state index is 0.000564. The van der Waals surface area contributed by atoms with Gasteiger partial charge < -0.3 is 23.2 Å². The molecule has 2 aliphatic carbocycles. The highest BCUT2D eigenvalue weighted by atomic mass is 15.2. The highest BCUT2D eigenvalue weighted by Crippen LogP contribution is 2.54. The summed E-state index contributed by atoms with van der Waals surface area (Å²) in [4.78, 5) is 8.50. The van der Waals surface area contributed by atoms with Crippen LogP contribution in [-0.4, -0.2) is 33.9 Å². The number of pyridine rings is 1. The van der Waals surface area contributed by atoms with E-state index in [-0.39, 0.29) is 12.0 Å². The molecular formula is C83H55N7. The number of allylic oxidation sites excluding steroid dienone is 3. The average Bonchev–Trinajstić information content (AvgIpc) is 1.62. The van der Waals surface area contributed by atoms with E-state index in [4.69, 9.17) is 4.98 Å². The summed E-state index contributed by atoms with van der Waals surface area (Å²) < 4.78 is 12.5. The molecular weight excluding hydrogens is 1090 g/mol. The fourth-order valence-electron chi connectivity index (χ4n) is 16.3. The van der Waals surface area contributed by atoms with Crippen LogP contribution in [0.2, 0.25) is 0 Å². The summed E-state index contributed by atoms with van der Waals surface area (Å²) in [5.74, 6) is 0.940. The number of hydrogen-bond acceptors (Lipinski definition) is 2. The molecule has 17 aromatic rings. The van der Waals surface area contributed by atoms with Crippen LogP contribution in [-0.2, 0) is 6.42 Å². The predicted octanol–water partition coefficient (Wildman–Crippen LogP) is 20.8. The minimum atomic E-state index is 0.000564. The Morgan fingerprint density at radius 3 is 1.50 bits per heavy atom. The van der Waals surface area contributed by atoms with E-state index >= 15 is 0 Å². The van der Waals surface area contributed by atoms with Crippen LogP contribution in [0.4, 0.5) is 11.4 Å². The third-order valence-electron chi connectivity index (χ3n) is 19.8. The standard InChI is InChI=1S/C83H55N7/c1-4-23-53(24-5-1)87-68-36-16-10-29-58(68)61-43-46-74-78(81(61)87)64-32-13-19-39-71(64)85(74)56-49-52(50-57(51-56)86-72-40-20-14-33-65(72)79-75(86)47-44-62-59-30-11-17-37-69(59)88(82(62)79)54-25-6-2-7-26-54)67-35-22-42-77(84-67)90-73-41-21-15-34-66(73)80-76(90)48-45-63-60-31-12-18-38-70(60)89(83(63)80)55-27-8-3-9-28-55/h1-19,21-39,41-51,64,71H,20,40H2. The Morgan fingerprint density at radius 1 is 0.356 bits per heavy atom. The molecule has 11 aromatic carbocycles. The Hall–Kier alpha value is -11.7. The maximum atomic E-state index is 5.86. The maximum Gasteiger partial charge on any atom is 0.138 e. The number of fused-ring (bicyclic) bond motifs is 21. The summed E-state index contributed by atoms with van der Waals surface area (Å²) >= 11 is 0. The molecule has 7 heteroatoms. The van der Waals surface area contributed by atoms with Gasteiger partial charge in [-0.3, -0.25) is 4.57 Å². The molecule has 0 saturated carbocycles. The van der Waals surface area contributed by atoms with Crippen LogP contribution in [0.3, 0.4) is 0 Å². The van der Waals surface area contributed by atoms with Crippen molar-refractivity contribution in [2.24, 2.45) is 0 Å². The molecule has 3 aliphatic rings. The monoisotopic (exact) mass is 1150 g/mol. The SMILES string of the molecule is C1=CC2c3c(ccc4c5ccccc5n(-c5ccccc5)c34)N(c3cc(-c4cccc(-n5c6ccccc6c6c5ccc5c7ccccc7n(-c7ccccc7)c56)n4)cc(-n4c5c(c6c4ccc4c7ccccc7n(-c7ccccc7)c46)C=CCC5)c3)C2C=C1. The first kappa shape index (κ1) is 49.4. The largest absolute Gasteiger partial charge is 0.333 e. The quantitative estimate of drug-likeness (QED) is 0.160. The number of nitrogens with zero attached hydrogens (tertiary/aromatic N) is 7. The third kappa shape index (κ3) is 6.86. The molecule has 7 nitrogen and oxygen atoms in total. The van der Waals surface area contributed by atoms with Crippen LogP contribution >= 0.6 is 0 Å². The van der Waals surface area contributed by atoms with E-state index in [1.165, 1.54) is 110 Å². The predicted molar refractivity (Wildman–Crippen MR) is 375 cm³/mol. The summed E-state index contributed by atoms with van der Waals surface area (Å²) in [7, 11) is 0. The number of benzene rings is 11. The Bertz CT molecular complexity index is 5980. The molecule has 2 unspecified atom stereocenters. The smallest absolute Gasteiger partial charge is 0.138 e. The molecule has 7 heterocycles. The van der Waals surface area contributed by atoms with Crippen molar-refractivity contribution in [1.29, 1.82) is 0 Å². The van der Waals surface area contributed by atoms with E-state index in [9.17, 15) is 0 Å². The first-order valence-electron chi connectivity index (χ1n) is 31.4. The highest BCUT2D eigenvalue weighted by molar-refractivity contribution is 6.26. The van der Waals surface area contributed by atoms with E-state index in [1.807, 2.05) is 0 Å². The normalized spacial score (nSPS) is 15.3. The second-order valence-electron chi connectivity index (χ2n) is 24.4. The molecule has 0 saturated heterocycles. The number of hydrogen-bond donors (Lipinski definition) is 0. The number of para-hydroxylation sites is 7. The summed E-state index contributed by atoms with van der Waals surface area (Å²) in [6.07, 6.45) is 16.0. The van der Waals surface area contributed by atoms with Gasteiger partial charge >= 0.3 is 0 Å². The van der Waals surface area contributed by atoms with Crippen LogP contribution in [0.15, 0.2) is 291 Å². The lowest BCUT2D eigenvalue weighted by Gasteiger charge is -2.30. The van der Waals surface area contributed by atoms with Crippen LogP contribution in [0.5, 0.6) is 0 Å². The van der Waals surface area contributed by atoms with Crippen molar-refractivity contribution in [3.63, 3.8) is 0 Å². The van der Waals surface area contributed by atoms with Gasteiger partial charge in [0.15, 0.2) is 0 Å². The van der Waals surface area contributed by atoms with Gasteiger partial charge in [-0.25, -0.2) is 4.98 Å². The summed E-state index contributed by atoms with van der Waals surface area (Å²) in [5.41, 5.74) is 23.4. The molecule has 1 aliphatic heterocycles. The van der Waals surface area contributed by atoms with E-state index < -0.39 is 0 Å². The maximum absolute atomic E-state index is 5.86.